The van der Waals surface area contributed by atoms with Crippen LogP contribution in [-0.2, 0) is 16.1 Å². The molecule has 0 saturated carbocycles. The van der Waals surface area contributed by atoms with Crippen LogP contribution >= 0.6 is 0 Å². The van der Waals surface area contributed by atoms with E-state index in [1.54, 1.807) is 13.0 Å². The van der Waals surface area contributed by atoms with Gasteiger partial charge >= 0.3 is 5.97 Å². The van der Waals surface area contributed by atoms with Crippen LogP contribution < -0.4 is 5.32 Å². The van der Waals surface area contributed by atoms with Gasteiger partial charge in [0.1, 0.15) is 5.82 Å². The molecule has 1 aromatic rings. The number of esters is 1. The van der Waals surface area contributed by atoms with Crippen molar-refractivity contribution in [3.63, 3.8) is 0 Å². The van der Waals surface area contributed by atoms with E-state index in [1.165, 1.54) is 13.2 Å². The molecule has 1 saturated heterocycles. The van der Waals surface area contributed by atoms with Gasteiger partial charge in [0.15, 0.2) is 5.96 Å². The molecule has 0 bridgehead atoms. The Morgan fingerprint density at radius 2 is 2.21 bits per heavy atom. The zero-order valence-corrected chi connectivity index (χ0v) is 14.8. The molecule has 2 atom stereocenters. The highest BCUT2D eigenvalue weighted by Crippen LogP contribution is 2.24. The van der Waals surface area contributed by atoms with E-state index in [0.717, 1.165) is 24.6 Å². The number of likely N-dealkylation sites (tertiary alicyclic amines) is 1. The van der Waals surface area contributed by atoms with E-state index in [0.29, 0.717) is 18.7 Å². The Morgan fingerprint density at radius 3 is 2.83 bits per heavy atom. The normalized spacial score (nSPS) is 21.0. The first kappa shape index (κ1) is 18.2. The number of methoxy groups -OCH3 is 1. The number of rotatable bonds is 4. The first-order valence-electron chi connectivity index (χ1n) is 8.32. The van der Waals surface area contributed by atoms with Gasteiger partial charge in [0.2, 0.25) is 0 Å². The van der Waals surface area contributed by atoms with Crippen molar-refractivity contribution in [3.05, 3.63) is 35.1 Å². The zero-order valence-electron chi connectivity index (χ0n) is 14.8. The highest BCUT2D eigenvalue weighted by Gasteiger charge is 2.36. The summed E-state index contributed by atoms with van der Waals surface area (Å²) in [6.07, 6.45) is 0. The Labute approximate surface area is 142 Å². The number of hydrogen-bond donors (Lipinski definition) is 1. The highest BCUT2D eigenvalue weighted by molar-refractivity contribution is 5.82. The van der Waals surface area contributed by atoms with E-state index >= 15 is 0 Å². The van der Waals surface area contributed by atoms with Gasteiger partial charge in [0.25, 0.3) is 0 Å². The fraction of sp³-hybridized carbons (Fsp3) is 0.556. The quantitative estimate of drug-likeness (QED) is 0.521. The summed E-state index contributed by atoms with van der Waals surface area (Å²) in [5.41, 5.74) is 1.58. The van der Waals surface area contributed by atoms with Crippen LogP contribution in [-0.4, -0.2) is 43.6 Å². The van der Waals surface area contributed by atoms with Gasteiger partial charge in [0, 0.05) is 19.6 Å². The second kappa shape index (κ2) is 8.13. The van der Waals surface area contributed by atoms with Crippen LogP contribution in [0.5, 0.6) is 0 Å². The summed E-state index contributed by atoms with van der Waals surface area (Å²) in [6, 6.07) is 5.03. The third-order valence-corrected chi connectivity index (χ3v) is 4.38. The van der Waals surface area contributed by atoms with Gasteiger partial charge in [-0.2, -0.15) is 0 Å². The Morgan fingerprint density at radius 1 is 1.46 bits per heavy atom. The zero-order chi connectivity index (χ0) is 17.7. The number of halogens is 1. The van der Waals surface area contributed by atoms with Crippen molar-refractivity contribution in [1.29, 1.82) is 0 Å². The fourth-order valence-corrected chi connectivity index (χ4v) is 3.00. The average Bonchev–Trinajstić information content (AvgIpc) is 2.95. The Kier molecular flexibility index (Phi) is 6.17. The molecule has 1 fully saturated rings. The van der Waals surface area contributed by atoms with Crippen molar-refractivity contribution in [3.8, 4) is 0 Å². The topological polar surface area (TPSA) is 53.9 Å². The van der Waals surface area contributed by atoms with Crippen molar-refractivity contribution >= 4 is 11.9 Å². The molecular weight excluding hydrogens is 309 g/mol. The third-order valence-electron chi connectivity index (χ3n) is 4.38. The average molecular weight is 335 g/mol. The van der Waals surface area contributed by atoms with E-state index in [1.807, 2.05) is 13.0 Å². The molecule has 24 heavy (non-hydrogen) atoms. The molecule has 1 aliphatic rings. The molecule has 2 rings (SSSR count). The van der Waals surface area contributed by atoms with Crippen molar-refractivity contribution in [1.82, 2.24) is 10.2 Å². The molecule has 0 spiro atoms. The monoisotopic (exact) mass is 335 g/mol. The third kappa shape index (κ3) is 4.24. The molecule has 0 amide bonds. The minimum Gasteiger partial charge on any atom is -0.469 e. The summed E-state index contributed by atoms with van der Waals surface area (Å²) in [7, 11) is 1.42. The van der Waals surface area contributed by atoms with Crippen LogP contribution in [0, 0.1) is 24.6 Å². The number of aryl methyl sites for hydroxylation is 1. The van der Waals surface area contributed by atoms with Crippen molar-refractivity contribution in [2.24, 2.45) is 16.8 Å². The molecule has 0 radical (unpaired) electrons. The molecule has 132 valence electrons. The standard InChI is InChI=1S/C18H26FN3O2/c1-5-20-18(21-9-14-6-7-16(19)12(2)8-14)22-10-13(3)15(11-22)17(23)24-4/h6-8,13,15H,5,9-11H2,1-4H3,(H,20,21). The lowest BCUT2D eigenvalue weighted by atomic mass is 9.99. The van der Waals surface area contributed by atoms with E-state index in [4.69, 9.17) is 4.74 Å². The van der Waals surface area contributed by atoms with E-state index in [-0.39, 0.29) is 23.6 Å². The number of carbonyl (C=O) groups is 1. The van der Waals surface area contributed by atoms with Crippen molar-refractivity contribution < 1.29 is 13.9 Å². The largest absolute Gasteiger partial charge is 0.469 e. The SMILES string of the molecule is CCNC(=NCc1ccc(F)c(C)c1)N1CC(C)C(C(=O)OC)C1. The van der Waals surface area contributed by atoms with Crippen LogP contribution in [0.2, 0.25) is 0 Å². The Balaban J connectivity index is 2.11. The Bertz CT molecular complexity index is 618. The van der Waals surface area contributed by atoms with Gasteiger partial charge in [0.05, 0.1) is 19.6 Å². The van der Waals surface area contributed by atoms with E-state index in [9.17, 15) is 9.18 Å². The van der Waals surface area contributed by atoms with Crippen LogP contribution in [0.4, 0.5) is 4.39 Å². The number of guanidine groups is 1. The van der Waals surface area contributed by atoms with Gasteiger partial charge in [-0.15, -0.1) is 0 Å². The second-order valence-electron chi connectivity index (χ2n) is 6.27. The number of nitrogens with one attached hydrogen (secondary N) is 1. The summed E-state index contributed by atoms with van der Waals surface area (Å²) in [6.45, 7) is 8.38. The van der Waals surface area contributed by atoms with E-state index < -0.39 is 0 Å². The predicted molar refractivity (Wildman–Crippen MR) is 92.2 cm³/mol. The van der Waals surface area contributed by atoms with E-state index in [2.05, 4.69) is 22.1 Å². The second-order valence-corrected chi connectivity index (χ2v) is 6.27. The van der Waals surface area contributed by atoms with Gasteiger partial charge in [-0.1, -0.05) is 19.1 Å². The first-order valence-corrected chi connectivity index (χ1v) is 8.32. The molecule has 2 unspecified atom stereocenters. The summed E-state index contributed by atoms with van der Waals surface area (Å²) >= 11 is 0. The number of benzene rings is 1. The molecule has 6 heteroatoms. The summed E-state index contributed by atoms with van der Waals surface area (Å²) in [5, 5.41) is 3.27. The van der Waals surface area contributed by atoms with Gasteiger partial charge in [-0.05, 0) is 37.0 Å². The van der Waals surface area contributed by atoms with Gasteiger partial charge in [-0.25, -0.2) is 9.38 Å². The molecule has 1 aliphatic heterocycles. The number of carbonyl (C=O) groups excluding carboxylic acids is 1. The van der Waals surface area contributed by atoms with Crippen LogP contribution in [0.25, 0.3) is 0 Å². The number of aliphatic imine (C=N–C) groups is 1. The van der Waals surface area contributed by atoms with Crippen molar-refractivity contribution in [2.45, 2.75) is 27.3 Å². The van der Waals surface area contributed by atoms with Crippen LogP contribution in [0.15, 0.2) is 23.2 Å². The fourth-order valence-electron chi connectivity index (χ4n) is 3.00. The maximum Gasteiger partial charge on any atom is 0.310 e. The summed E-state index contributed by atoms with van der Waals surface area (Å²) in [5.74, 6) is 0.484. The number of ether oxygens (including phenoxy) is 1. The molecule has 5 nitrogen and oxygen atoms in total. The van der Waals surface area contributed by atoms with Crippen molar-refractivity contribution in [2.75, 3.05) is 26.7 Å². The van der Waals surface area contributed by atoms with Gasteiger partial charge < -0.3 is 15.0 Å². The Hall–Kier alpha value is -2.11. The summed E-state index contributed by atoms with van der Waals surface area (Å²) < 4.78 is 18.2. The number of nitrogens with zero attached hydrogens (tertiary/aromatic N) is 2. The lowest BCUT2D eigenvalue weighted by Gasteiger charge is -2.21. The minimum absolute atomic E-state index is 0.132. The minimum atomic E-state index is -0.205. The van der Waals surface area contributed by atoms with Crippen LogP contribution in [0.3, 0.4) is 0 Å². The molecule has 1 heterocycles. The molecule has 0 aliphatic carbocycles. The smallest absolute Gasteiger partial charge is 0.310 e. The van der Waals surface area contributed by atoms with Gasteiger partial charge in [-0.3, -0.25) is 4.79 Å². The lowest BCUT2D eigenvalue weighted by Crippen LogP contribution is -2.40. The van der Waals surface area contributed by atoms with Crippen LogP contribution in [0.1, 0.15) is 25.0 Å². The first-order chi connectivity index (χ1) is 11.5. The molecular formula is C18H26FN3O2. The predicted octanol–water partition coefficient (Wildman–Crippen LogP) is 2.34. The maximum atomic E-state index is 13.4. The summed E-state index contributed by atoms with van der Waals surface area (Å²) in [4.78, 5) is 18.6. The molecule has 1 N–H and O–H groups in total. The molecule has 0 aromatic heterocycles. The molecule has 1 aromatic carbocycles. The maximum absolute atomic E-state index is 13.4. The lowest BCUT2D eigenvalue weighted by molar-refractivity contribution is -0.145. The number of hydrogen-bond acceptors (Lipinski definition) is 3. The highest BCUT2D eigenvalue weighted by atomic mass is 19.1.